The molecule has 2 atom stereocenters. The van der Waals surface area contributed by atoms with E-state index in [2.05, 4.69) is 15.3 Å². The highest BCUT2D eigenvalue weighted by atomic mass is 16.5. The zero-order valence-corrected chi connectivity index (χ0v) is 16.9. The molecule has 2 amide bonds. The Hall–Kier alpha value is -2.90. The molecule has 1 fully saturated rings. The molecule has 0 aromatic carbocycles. The molecule has 0 saturated carbocycles. The quantitative estimate of drug-likeness (QED) is 0.827. The topological polar surface area (TPSA) is 89.4 Å². The number of pyridine rings is 1. The number of carbonyl (C=O) groups is 2. The Morgan fingerprint density at radius 1 is 1.31 bits per heavy atom. The maximum absolute atomic E-state index is 13.1. The summed E-state index contributed by atoms with van der Waals surface area (Å²) in [7, 11) is 1.99. The molecule has 0 radical (unpaired) electrons. The van der Waals surface area contributed by atoms with Crippen molar-refractivity contribution >= 4 is 11.8 Å². The summed E-state index contributed by atoms with van der Waals surface area (Å²) >= 11 is 0. The fourth-order valence-corrected chi connectivity index (χ4v) is 4.20. The number of fused-ring (bicyclic) bond motifs is 1. The summed E-state index contributed by atoms with van der Waals surface area (Å²) in [6.07, 6.45) is 7.12. The summed E-state index contributed by atoms with van der Waals surface area (Å²) < 4.78 is 8.13. The van der Waals surface area contributed by atoms with Gasteiger partial charge >= 0.3 is 0 Å². The van der Waals surface area contributed by atoms with E-state index < -0.39 is 0 Å². The highest BCUT2D eigenvalue weighted by molar-refractivity contribution is 5.84. The number of ether oxygens (including phenoxy) is 1. The first-order chi connectivity index (χ1) is 14.0. The van der Waals surface area contributed by atoms with E-state index in [4.69, 9.17) is 4.74 Å². The predicted molar refractivity (Wildman–Crippen MR) is 106 cm³/mol. The van der Waals surface area contributed by atoms with Gasteiger partial charge < -0.3 is 19.5 Å². The van der Waals surface area contributed by atoms with Crippen LogP contribution in [0.15, 0.2) is 24.7 Å². The van der Waals surface area contributed by atoms with Gasteiger partial charge in [0.2, 0.25) is 11.8 Å². The molecular formula is C21H27N5O3. The first kappa shape index (κ1) is 19.4. The maximum Gasteiger partial charge on any atom is 0.231 e. The molecule has 29 heavy (non-hydrogen) atoms. The predicted octanol–water partition coefficient (Wildman–Crippen LogP) is 1.55. The van der Waals surface area contributed by atoms with Crippen molar-refractivity contribution in [2.24, 2.45) is 7.05 Å². The molecule has 2 aromatic rings. The Morgan fingerprint density at radius 3 is 3.00 bits per heavy atom. The lowest BCUT2D eigenvalue weighted by atomic mass is 9.88. The third kappa shape index (κ3) is 4.26. The summed E-state index contributed by atoms with van der Waals surface area (Å²) in [6.45, 7) is 3.13. The lowest BCUT2D eigenvalue weighted by Gasteiger charge is -2.26. The van der Waals surface area contributed by atoms with E-state index >= 15 is 0 Å². The van der Waals surface area contributed by atoms with Crippen LogP contribution in [0.4, 0.5) is 0 Å². The monoisotopic (exact) mass is 397 g/mol. The van der Waals surface area contributed by atoms with E-state index in [0.717, 1.165) is 37.1 Å². The summed E-state index contributed by atoms with van der Waals surface area (Å²) in [4.78, 5) is 34.9. The second kappa shape index (κ2) is 8.23. The molecule has 1 saturated heterocycles. The largest absolute Gasteiger partial charge is 0.488 e. The summed E-state index contributed by atoms with van der Waals surface area (Å²) in [5, 5.41) is 2.73. The number of likely N-dealkylation sites (tertiary alicyclic amines) is 1. The molecule has 1 N–H and O–H groups in total. The lowest BCUT2D eigenvalue weighted by Crippen LogP contribution is -2.36. The van der Waals surface area contributed by atoms with Gasteiger partial charge in [0.1, 0.15) is 11.9 Å². The van der Waals surface area contributed by atoms with Crippen LogP contribution in [-0.4, -0.2) is 50.4 Å². The number of imidazole rings is 1. The van der Waals surface area contributed by atoms with Crippen molar-refractivity contribution in [2.75, 3.05) is 13.1 Å². The van der Waals surface area contributed by atoms with Crippen molar-refractivity contribution < 1.29 is 14.3 Å². The number of aromatic nitrogens is 3. The number of hydrogen-bond acceptors (Lipinski definition) is 5. The summed E-state index contributed by atoms with van der Waals surface area (Å²) in [6, 6.07) is 3.64. The standard InChI is InChI=1S/C21H27N5O3/c1-14(27)23-11-15-10-16(6-8-22-15)29-17-7-9-26(12-17)21(28)18-4-3-5-19-20(18)24-13-25(19)2/h6,8,10,13,17-18H,3-5,7,9,11-12H2,1-2H3,(H,23,27). The van der Waals surface area contributed by atoms with Crippen LogP contribution < -0.4 is 10.1 Å². The normalized spacial score (nSPS) is 21.0. The van der Waals surface area contributed by atoms with Gasteiger partial charge in [0.25, 0.3) is 0 Å². The van der Waals surface area contributed by atoms with E-state index in [0.29, 0.717) is 25.4 Å². The van der Waals surface area contributed by atoms with Crippen molar-refractivity contribution in [3.05, 3.63) is 41.7 Å². The van der Waals surface area contributed by atoms with Crippen LogP contribution >= 0.6 is 0 Å². The Balaban J connectivity index is 1.37. The van der Waals surface area contributed by atoms with Gasteiger partial charge in [-0.2, -0.15) is 0 Å². The Morgan fingerprint density at radius 2 is 2.17 bits per heavy atom. The second-order valence-electron chi connectivity index (χ2n) is 7.84. The molecule has 1 aliphatic heterocycles. The molecule has 8 heteroatoms. The molecule has 2 unspecified atom stereocenters. The minimum Gasteiger partial charge on any atom is -0.488 e. The van der Waals surface area contributed by atoms with Crippen molar-refractivity contribution in [2.45, 2.75) is 51.2 Å². The number of nitrogens with zero attached hydrogens (tertiary/aromatic N) is 4. The minimum absolute atomic E-state index is 0.0400. The van der Waals surface area contributed by atoms with Crippen LogP contribution in [0, 0.1) is 0 Å². The van der Waals surface area contributed by atoms with Gasteiger partial charge in [-0.1, -0.05) is 0 Å². The first-order valence-electron chi connectivity index (χ1n) is 10.2. The van der Waals surface area contributed by atoms with E-state index in [-0.39, 0.29) is 23.8 Å². The highest BCUT2D eigenvalue weighted by Crippen LogP contribution is 2.33. The van der Waals surface area contributed by atoms with Crippen molar-refractivity contribution in [1.29, 1.82) is 0 Å². The molecule has 0 spiro atoms. The third-order valence-corrected chi connectivity index (χ3v) is 5.69. The van der Waals surface area contributed by atoms with Gasteiger partial charge in [-0.15, -0.1) is 0 Å². The Labute approximate surface area is 170 Å². The molecule has 8 nitrogen and oxygen atoms in total. The number of aryl methyl sites for hydroxylation is 1. The van der Waals surface area contributed by atoms with Crippen LogP contribution in [0.3, 0.4) is 0 Å². The fourth-order valence-electron chi connectivity index (χ4n) is 4.20. The smallest absolute Gasteiger partial charge is 0.231 e. The van der Waals surface area contributed by atoms with Gasteiger partial charge in [-0.05, 0) is 25.3 Å². The van der Waals surface area contributed by atoms with Gasteiger partial charge in [-0.3, -0.25) is 14.6 Å². The van der Waals surface area contributed by atoms with Gasteiger partial charge in [0.15, 0.2) is 0 Å². The van der Waals surface area contributed by atoms with Crippen LogP contribution in [-0.2, 0) is 29.6 Å². The average Bonchev–Trinajstić information content (AvgIpc) is 3.33. The van der Waals surface area contributed by atoms with E-state index in [1.807, 2.05) is 35.0 Å². The van der Waals surface area contributed by atoms with Gasteiger partial charge in [-0.25, -0.2) is 4.98 Å². The Bertz CT molecular complexity index is 909. The van der Waals surface area contributed by atoms with Crippen LogP contribution in [0.5, 0.6) is 5.75 Å². The number of nitrogens with one attached hydrogen (secondary N) is 1. The average molecular weight is 397 g/mol. The zero-order valence-electron chi connectivity index (χ0n) is 16.9. The molecule has 2 aromatic heterocycles. The summed E-state index contributed by atoms with van der Waals surface area (Å²) in [5.41, 5.74) is 2.88. The van der Waals surface area contributed by atoms with Crippen LogP contribution in [0.25, 0.3) is 0 Å². The van der Waals surface area contributed by atoms with E-state index in [1.54, 1.807) is 6.20 Å². The molecule has 4 rings (SSSR count). The number of rotatable bonds is 5. The molecule has 154 valence electrons. The van der Waals surface area contributed by atoms with Crippen molar-refractivity contribution in [1.82, 2.24) is 24.8 Å². The van der Waals surface area contributed by atoms with Gasteiger partial charge in [0, 0.05) is 44.9 Å². The minimum atomic E-state index is -0.135. The molecule has 2 aliphatic rings. The second-order valence-corrected chi connectivity index (χ2v) is 7.84. The lowest BCUT2D eigenvalue weighted by molar-refractivity contribution is -0.132. The van der Waals surface area contributed by atoms with Crippen molar-refractivity contribution in [3.8, 4) is 5.75 Å². The fraction of sp³-hybridized carbons (Fsp3) is 0.524. The molecular weight excluding hydrogens is 370 g/mol. The SMILES string of the molecule is CC(=O)NCc1cc(OC2CCN(C(=O)C3CCCc4c3ncn4C)C2)ccn1. The Kier molecular flexibility index (Phi) is 5.51. The van der Waals surface area contributed by atoms with Crippen molar-refractivity contribution in [3.63, 3.8) is 0 Å². The molecule has 3 heterocycles. The molecule has 1 aliphatic carbocycles. The summed E-state index contributed by atoms with van der Waals surface area (Å²) in [5.74, 6) is 0.645. The van der Waals surface area contributed by atoms with Crippen LogP contribution in [0.2, 0.25) is 0 Å². The highest BCUT2D eigenvalue weighted by Gasteiger charge is 2.36. The zero-order chi connectivity index (χ0) is 20.4. The number of carbonyl (C=O) groups excluding carboxylic acids is 2. The van der Waals surface area contributed by atoms with E-state index in [1.165, 1.54) is 12.6 Å². The van der Waals surface area contributed by atoms with Gasteiger partial charge in [0.05, 0.1) is 36.7 Å². The first-order valence-corrected chi connectivity index (χ1v) is 10.2. The number of amides is 2. The number of hydrogen-bond donors (Lipinski definition) is 1. The maximum atomic E-state index is 13.1. The van der Waals surface area contributed by atoms with E-state index in [9.17, 15) is 9.59 Å². The third-order valence-electron chi connectivity index (χ3n) is 5.69. The van der Waals surface area contributed by atoms with Crippen LogP contribution in [0.1, 0.15) is 49.2 Å². The molecule has 0 bridgehead atoms.